The van der Waals surface area contributed by atoms with Crippen LogP contribution in [0.2, 0.25) is 0 Å². The average Bonchev–Trinajstić information content (AvgIpc) is 2.82. The fraction of sp³-hybridized carbons (Fsp3) is 0.429. The highest BCUT2D eigenvalue weighted by Gasteiger charge is 2.22. The number of aromatic nitrogens is 3. The molecular formula is C21H26N4. The Hall–Kier alpha value is -2.36. The SMILES string of the molecule is Cc1nnc(N2CCCC(c3ccccc3)CC2)c2c(C)n(C)cc12. The van der Waals surface area contributed by atoms with Gasteiger partial charge < -0.3 is 9.47 Å². The van der Waals surface area contributed by atoms with Crippen LogP contribution in [-0.2, 0) is 7.05 Å². The summed E-state index contributed by atoms with van der Waals surface area (Å²) in [6, 6.07) is 10.9. The first-order chi connectivity index (χ1) is 12.1. The molecule has 3 heterocycles. The number of fused-ring (bicyclic) bond motifs is 1. The minimum atomic E-state index is 0.650. The molecule has 25 heavy (non-hydrogen) atoms. The molecule has 1 saturated heterocycles. The van der Waals surface area contributed by atoms with Crippen LogP contribution in [-0.4, -0.2) is 27.9 Å². The molecule has 1 unspecified atom stereocenters. The molecule has 0 saturated carbocycles. The fourth-order valence-corrected chi connectivity index (χ4v) is 4.10. The zero-order valence-corrected chi connectivity index (χ0v) is 15.4. The standard InChI is InChI=1S/C21H26N4/c1-15-19-14-24(3)16(2)20(19)21(23-22-15)25-12-7-10-18(11-13-25)17-8-5-4-6-9-17/h4-6,8-9,14,18H,7,10-13H2,1-3H3. The van der Waals surface area contributed by atoms with Gasteiger partial charge in [0.25, 0.3) is 0 Å². The monoisotopic (exact) mass is 334 g/mol. The molecule has 0 aliphatic carbocycles. The number of aryl methyl sites for hydroxylation is 3. The van der Waals surface area contributed by atoms with E-state index in [-0.39, 0.29) is 0 Å². The highest BCUT2D eigenvalue weighted by Crippen LogP contribution is 2.34. The largest absolute Gasteiger partial charge is 0.355 e. The van der Waals surface area contributed by atoms with E-state index in [0.717, 1.165) is 24.6 Å². The van der Waals surface area contributed by atoms with Gasteiger partial charge in [-0.3, -0.25) is 0 Å². The number of anilines is 1. The van der Waals surface area contributed by atoms with Gasteiger partial charge in [0.05, 0.1) is 5.69 Å². The summed E-state index contributed by atoms with van der Waals surface area (Å²) in [5, 5.41) is 11.5. The van der Waals surface area contributed by atoms with Crippen molar-refractivity contribution in [1.82, 2.24) is 14.8 Å². The molecule has 4 rings (SSSR count). The van der Waals surface area contributed by atoms with E-state index in [9.17, 15) is 0 Å². The first-order valence-corrected chi connectivity index (χ1v) is 9.24. The van der Waals surface area contributed by atoms with Crippen LogP contribution in [0.5, 0.6) is 0 Å². The van der Waals surface area contributed by atoms with E-state index in [1.807, 2.05) is 6.92 Å². The Bertz CT molecular complexity index is 882. The summed E-state index contributed by atoms with van der Waals surface area (Å²) < 4.78 is 2.19. The van der Waals surface area contributed by atoms with Gasteiger partial charge in [-0.05, 0) is 44.6 Å². The molecule has 1 atom stereocenters. The third kappa shape index (κ3) is 2.90. The maximum Gasteiger partial charge on any atom is 0.161 e. The summed E-state index contributed by atoms with van der Waals surface area (Å²) in [7, 11) is 2.10. The minimum Gasteiger partial charge on any atom is -0.355 e. The summed E-state index contributed by atoms with van der Waals surface area (Å²) >= 11 is 0. The van der Waals surface area contributed by atoms with Crippen molar-refractivity contribution in [3.63, 3.8) is 0 Å². The molecule has 0 radical (unpaired) electrons. The molecule has 0 bridgehead atoms. The predicted octanol–water partition coefficient (Wildman–Crippen LogP) is 4.36. The highest BCUT2D eigenvalue weighted by atomic mass is 15.3. The Morgan fingerprint density at radius 2 is 1.80 bits per heavy atom. The molecule has 0 spiro atoms. The summed E-state index contributed by atoms with van der Waals surface area (Å²) in [5.41, 5.74) is 3.76. The minimum absolute atomic E-state index is 0.650. The maximum absolute atomic E-state index is 4.61. The average molecular weight is 334 g/mol. The topological polar surface area (TPSA) is 34.0 Å². The first-order valence-electron chi connectivity index (χ1n) is 9.24. The van der Waals surface area contributed by atoms with Gasteiger partial charge in [-0.25, -0.2) is 0 Å². The van der Waals surface area contributed by atoms with Gasteiger partial charge >= 0.3 is 0 Å². The quantitative estimate of drug-likeness (QED) is 0.698. The third-order valence-corrected chi connectivity index (χ3v) is 5.69. The lowest BCUT2D eigenvalue weighted by molar-refractivity contribution is 0.612. The van der Waals surface area contributed by atoms with Crippen LogP contribution < -0.4 is 4.90 Å². The second-order valence-corrected chi connectivity index (χ2v) is 7.25. The second-order valence-electron chi connectivity index (χ2n) is 7.25. The lowest BCUT2D eigenvalue weighted by atomic mass is 9.92. The van der Waals surface area contributed by atoms with Crippen molar-refractivity contribution in [2.24, 2.45) is 7.05 Å². The van der Waals surface area contributed by atoms with E-state index in [4.69, 9.17) is 0 Å². The van der Waals surface area contributed by atoms with Crippen LogP contribution in [0.15, 0.2) is 36.5 Å². The fourth-order valence-electron chi connectivity index (χ4n) is 4.10. The third-order valence-electron chi connectivity index (χ3n) is 5.69. The van der Waals surface area contributed by atoms with Gasteiger partial charge in [0.2, 0.25) is 0 Å². The Labute approximate surface area is 149 Å². The normalized spacial score (nSPS) is 18.5. The van der Waals surface area contributed by atoms with Crippen molar-refractivity contribution in [2.75, 3.05) is 18.0 Å². The number of hydrogen-bond donors (Lipinski definition) is 0. The molecule has 1 aliphatic heterocycles. The zero-order valence-electron chi connectivity index (χ0n) is 15.4. The van der Waals surface area contributed by atoms with Gasteiger partial charge in [0.1, 0.15) is 0 Å². The second kappa shape index (κ2) is 6.51. The van der Waals surface area contributed by atoms with Crippen LogP contribution in [0.25, 0.3) is 10.8 Å². The Balaban J connectivity index is 1.65. The van der Waals surface area contributed by atoms with E-state index < -0.39 is 0 Å². The molecule has 3 aromatic rings. The lowest BCUT2D eigenvalue weighted by Gasteiger charge is -2.22. The zero-order chi connectivity index (χ0) is 17.4. The summed E-state index contributed by atoms with van der Waals surface area (Å²) in [5.74, 6) is 1.71. The van der Waals surface area contributed by atoms with E-state index in [1.54, 1.807) is 0 Å². The Morgan fingerprint density at radius 3 is 2.60 bits per heavy atom. The summed E-state index contributed by atoms with van der Waals surface area (Å²) in [6.07, 6.45) is 5.80. The number of nitrogens with zero attached hydrogens (tertiary/aromatic N) is 4. The van der Waals surface area contributed by atoms with Gasteiger partial charge in [-0.1, -0.05) is 30.3 Å². The van der Waals surface area contributed by atoms with E-state index in [2.05, 4.69) is 70.2 Å². The van der Waals surface area contributed by atoms with Crippen molar-refractivity contribution >= 4 is 16.6 Å². The predicted molar refractivity (Wildman–Crippen MR) is 103 cm³/mol. The molecule has 1 aliphatic rings. The van der Waals surface area contributed by atoms with Gasteiger partial charge in [-0.15, -0.1) is 5.10 Å². The van der Waals surface area contributed by atoms with Gasteiger partial charge in [-0.2, -0.15) is 5.10 Å². The van der Waals surface area contributed by atoms with Crippen LogP contribution in [0, 0.1) is 13.8 Å². The summed E-state index contributed by atoms with van der Waals surface area (Å²) in [6.45, 7) is 6.33. The van der Waals surface area contributed by atoms with Crippen LogP contribution >= 0.6 is 0 Å². The molecule has 0 amide bonds. The van der Waals surface area contributed by atoms with Crippen molar-refractivity contribution in [3.05, 3.63) is 53.5 Å². The number of hydrogen-bond acceptors (Lipinski definition) is 3. The number of rotatable bonds is 2. The van der Waals surface area contributed by atoms with E-state index >= 15 is 0 Å². The molecule has 0 N–H and O–H groups in total. The molecule has 1 aromatic carbocycles. The molecule has 1 fully saturated rings. The molecule has 4 heteroatoms. The van der Waals surface area contributed by atoms with Crippen LogP contribution in [0.4, 0.5) is 5.82 Å². The molecular weight excluding hydrogens is 308 g/mol. The molecule has 2 aromatic heterocycles. The van der Waals surface area contributed by atoms with E-state index in [1.165, 1.54) is 41.3 Å². The molecule has 130 valence electrons. The van der Waals surface area contributed by atoms with Crippen LogP contribution in [0.1, 0.15) is 42.1 Å². The Kier molecular flexibility index (Phi) is 4.20. The van der Waals surface area contributed by atoms with Crippen molar-refractivity contribution in [3.8, 4) is 0 Å². The van der Waals surface area contributed by atoms with Crippen LogP contribution in [0.3, 0.4) is 0 Å². The Morgan fingerprint density at radius 1 is 1.00 bits per heavy atom. The van der Waals surface area contributed by atoms with Crippen molar-refractivity contribution in [2.45, 2.75) is 39.0 Å². The van der Waals surface area contributed by atoms with E-state index in [0.29, 0.717) is 5.92 Å². The highest BCUT2D eigenvalue weighted by molar-refractivity contribution is 5.96. The molecule has 4 nitrogen and oxygen atoms in total. The van der Waals surface area contributed by atoms with Crippen molar-refractivity contribution < 1.29 is 0 Å². The first kappa shape index (κ1) is 16.1. The number of benzene rings is 1. The maximum atomic E-state index is 4.61. The lowest BCUT2D eigenvalue weighted by Crippen LogP contribution is -2.26. The smallest absolute Gasteiger partial charge is 0.161 e. The van der Waals surface area contributed by atoms with Gasteiger partial charge in [0, 0.05) is 42.8 Å². The van der Waals surface area contributed by atoms with Gasteiger partial charge in [0.15, 0.2) is 5.82 Å². The summed E-state index contributed by atoms with van der Waals surface area (Å²) in [4.78, 5) is 2.45. The van der Waals surface area contributed by atoms with Crippen molar-refractivity contribution in [1.29, 1.82) is 0 Å².